The van der Waals surface area contributed by atoms with Gasteiger partial charge in [-0.3, -0.25) is 4.79 Å². The fourth-order valence-electron chi connectivity index (χ4n) is 4.08. The molecule has 126 valence electrons. The van der Waals surface area contributed by atoms with E-state index in [4.69, 9.17) is 0 Å². The van der Waals surface area contributed by atoms with Crippen LogP contribution in [0.1, 0.15) is 37.2 Å². The number of amides is 1. The van der Waals surface area contributed by atoms with Crippen molar-refractivity contribution in [1.82, 2.24) is 0 Å². The first kappa shape index (κ1) is 15.9. The Bertz CT molecular complexity index is 865. The molecule has 1 amide bonds. The lowest BCUT2D eigenvalue weighted by Crippen LogP contribution is -2.26. The smallest absolute Gasteiger partial charge is 0.232 e. The Morgan fingerprint density at radius 1 is 0.840 bits per heavy atom. The molecule has 0 heterocycles. The van der Waals surface area contributed by atoms with Crippen molar-refractivity contribution in [3.05, 3.63) is 78.4 Å². The molecule has 0 unspecified atom stereocenters. The molecule has 3 aromatic rings. The predicted octanol–water partition coefficient (Wildman–Crippen LogP) is 5.75. The Hall–Kier alpha value is -2.61. The lowest BCUT2D eigenvalue weighted by Gasteiger charge is -2.23. The van der Waals surface area contributed by atoms with Crippen LogP contribution in [0.2, 0.25) is 0 Å². The molecule has 25 heavy (non-hydrogen) atoms. The number of anilines is 1. The quantitative estimate of drug-likeness (QED) is 0.648. The second-order valence-electron chi connectivity index (χ2n) is 6.98. The molecule has 0 aromatic heterocycles. The molecule has 2 nitrogen and oxygen atoms in total. The van der Waals surface area contributed by atoms with Crippen molar-refractivity contribution in [2.75, 3.05) is 5.32 Å². The summed E-state index contributed by atoms with van der Waals surface area (Å²) in [6, 6.07) is 24.6. The van der Waals surface area contributed by atoms with Crippen LogP contribution in [-0.2, 0) is 4.79 Å². The highest BCUT2D eigenvalue weighted by Crippen LogP contribution is 2.38. The zero-order chi connectivity index (χ0) is 17.1. The number of hydrogen-bond acceptors (Lipinski definition) is 1. The molecule has 1 aliphatic carbocycles. The highest BCUT2D eigenvalue weighted by Gasteiger charge is 2.31. The van der Waals surface area contributed by atoms with Crippen molar-refractivity contribution in [2.45, 2.75) is 31.6 Å². The lowest BCUT2D eigenvalue weighted by atomic mass is 9.84. The Balaban J connectivity index is 1.61. The number of hydrogen-bond donors (Lipinski definition) is 1. The van der Waals surface area contributed by atoms with Crippen LogP contribution in [0.4, 0.5) is 5.69 Å². The molecule has 0 spiro atoms. The third-order valence-corrected chi connectivity index (χ3v) is 5.33. The molecular formula is C23H23NO. The van der Waals surface area contributed by atoms with Gasteiger partial charge in [0.25, 0.3) is 0 Å². The molecule has 1 fully saturated rings. The van der Waals surface area contributed by atoms with E-state index in [0.29, 0.717) is 5.92 Å². The van der Waals surface area contributed by atoms with Gasteiger partial charge in [-0.05, 0) is 47.2 Å². The van der Waals surface area contributed by atoms with Crippen LogP contribution in [0.5, 0.6) is 0 Å². The molecule has 4 rings (SSSR count). The zero-order valence-electron chi connectivity index (χ0n) is 14.3. The Morgan fingerprint density at radius 2 is 1.52 bits per heavy atom. The highest BCUT2D eigenvalue weighted by atomic mass is 16.1. The third kappa shape index (κ3) is 3.43. The van der Waals surface area contributed by atoms with Crippen LogP contribution >= 0.6 is 0 Å². The van der Waals surface area contributed by atoms with Crippen molar-refractivity contribution in [2.24, 2.45) is 5.92 Å². The molecule has 2 heteroatoms. The molecule has 1 saturated carbocycles. The van der Waals surface area contributed by atoms with E-state index in [9.17, 15) is 4.79 Å². The van der Waals surface area contributed by atoms with E-state index in [1.54, 1.807) is 0 Å². The molecular weight excluding hydrogens is 306 g/mol. The number of benzene rings is 3. The summed E-state index contributed by atoms with van der Waals surface area (Å²) in [5.74, 6) is 0.506. The second-order valence-corrected chi connectivity index (χ2v) is 6.98. The summed E-state index contributed by atoms with van der Waals surface area (Å²) >= 11 is 0. The first-order chi connectivity index (χ1) is 12.3. The molecule has 3 aromatic carbocycles. The van der Waals surface area contributed by atoms with E-state index in [2.05, 4.69) is 41.7 Å². The average molecular weight is 329 g/mol. The minimum Gasteiger partial charge on any atom is -0.326 e. The Labute approximate surface area is 148 Å². The Kier molecular flexibility index (Phi) is 4.51. The van der Waals surface area contributed by atoms with Gasteiger partial charge in [-0.1, -0.05) is 73.5 Å². The lowest BCUT2D eigenvalue weighted by molar-refractivity contribution is -0.118. The standard InChI is InChI=1S/C23H23NO/c25-23(24-21-15-14-17-8-4-7-13-20(17)16-21)22(19-11-5-6-12-19)18-9-2-1-3-10-18/h1-4,7-10,13-16,19,22H,5-6,11-12H2,(H,24,25)/t22-/m0/s1. The summed E-state index contributed by atoms with van der Waals surface area (Å²) in [5.41, 5.74) is 2.01. The summed E-state index contributed by atoms with van der Waals surface area (Å²) in [6.07, 6.45) is 4.75. The average Bonchev–Trinajstić information content (AvgIpc) is 3.17. The van der Waals surface area contributed by atoms with Crippen LogP contribution < -0.4 is 5.32 Å². The highest BCUT2D eigenvalue weighted by molar-refractivity contribution is 5.98. The normalized spacial score (nSPS) is 16.0. The van der Waals surface area contributed by atoms with Crippen LogP contribution in [0.15, 0.2) is 72.8 Å². The summed E-state index contributed by atoms with van der Waals surface area (Å²) < 4.78 is 0. The molecule has 1 atom stereocenters. The van der Waals surface area contributed by atoms with Gasteiger partial charge in [0, 0.05) is 5.69 Å². The summed E-state index contributed by atoms with van der Waals surface area (Å²) in [4.78, 5) is 13.1. The van der Waals surface area contributed by atoms with Gasteiger partial charge in [0.15, 0.2) is 0 Å². The largest absolute Gasteiger partial charge is 0.326 e. The third-order valence-electron chi connectivity index (χ3n) is 5.33. The number of carbonyl (C=O) groups is 1. The molecule has 0 bridgehead atoms. The topological polar surface area (TPSA) is 29.1 Å². The van der Waals surface area contributed by atoms with E-state index in [1.165, 1.54) is 18.2 Å². The van der Waals surface area contributed by atoms with Gasteiger partial charge in [-0.2, -0.15) is 0 Å². The first-order valence-electron chi connectivity index (χ1n) is 9.16. The van der Waals surface area contributed by atoms with Gasteiger partial charge in [-0.15, -0.1) is 0 Å². The van der Waals surface area contributed by atoms with Gasteiger partial charge < -0.3 is 5.32 Å². The van der Waals surface area contributed by atoms with Crippen LogP contribution in [0, 0.1) is 5.92 Å². The van der Waals surface area contributed by atoms with Gasteiger partial charge in [0.1, 0.15) is 0 Å². The zero-order valence-corrected chi connectivity index (χ0v) is 14.3. The maximum atomic E-state index is 13.1. The van der Waals surface area contributed by atoms with Gasteiger partial charge >= 0.3 is 0 Å². The summed E-state index contributed by atoms with van der Waals surface area (Å²) in [7, 11) is 0. The van der Waals surface area contributed by atoms with Crippen molar-refractivity contribution in [1.29, 1.82) is 0 Å². The van der Waals surface area contributed by atoms with Crippen molar-refractivity contribution in [3.63, 3.8) is 0 Å². The first-order valence-corrected chi connectivity index (χ1v) is 9.16. The van der Waals surface area contributed by atoms with E-state index in [0.717, 1.165) is 29.5 Å². The summed E-state index contributed by atoms with van der Waals surface area (Å²) in [5, 5.41) is 5.51. The fourth-order valence-corrected chi connectivity index (χ4v) is 4.08. The van der Waals surface area contributed by atoms with E-state index in [1.807, 2.05) is 36.4 Å². The fraction of sp³-hybridized carbons (Fsp3) is 0.261. The molecule has 0 saturated heterocycles. The molecule has 1 aliphatic rings. The molecule has 0 radical (unpaired) electrons. The van der Waals surface area contributed by atoms with Crippen molar-refractivity contribution >= 4 is 22.4 Å². The minimum absolute atomic E-state index is 0.0600. The van der Waals surface area contributed by atoms with Crippen molar-refractivity contribution in [3.8, 4) is 0 Å². The maximum absolute atomic E-state index is 13.1. The second kappa shape index (κ2) is 7.10. The maximum Gasteiger partial charge on any atom is 0.232 e. The number of rotatable bonds is 4. The van der Waals surface area contributed by atoms with Gasteiger partial charge in [0.2, 0.25) is 5.91 Å². The van der Waals surface area contributed by atoms with Crippen LogP contribution in [-0.4, -0.2) is 5.91 Å². The number of nitrogens with one attached hydrogen (secondary N) is 1. The van der Waals surface area contributed by atoms with E-state index < -0.39 is 0 Å². The predicted molar refractivity (Wildman–Crippen MR) is 104 cm³/mol. The Morgan fingerprint density at radius 3 is 2.28 bits per heavy atom. The number of carbonyl (C=O) groups excluding carboxylic acids is 1. The van der Waals surface area contributed by atoms with Gasteiger partial charge in [-0.25, -0.2) is 0 Å². The summed E-state index contributed by atoms with van der Waals surface area (Å²) in [6.45, 7) is 0. The molecule has 0 aliphatic heterocycles. The monoisotopic (exact) mass is 329 g/mol. The molecule has 1 N–H and O–H groups in total. The SMILES string of the molecule is O=C(Nc1ccc2ccccc2c1)[C@@H](c1ccccc1)C1CCCC1. The van der Waals surface area contributed by atoms with E-state index in [-0.39, 0.29) is 11.8 Å². The van der Waals surface area contributed by atoms with Gasteiger partial charge in [0.05, 0.1) is 5.92 Å². The van der Waals surface area contributed by atoms with Crippen molar-refractivity contribution < 1.29 is 4.79 Å². The van der Waals surface area contributed by atoms with E-state index >= 15 is 0 Å². The van der Waals surface area contributed by atoms with Crippen LogP contribution in [0.3, 0.4) is 0 Å². The number of fused-ring (bicyclic) bond motifs is 1. The van der Waals surface area contributed by atoms with Crippen LogP contribution in [0.25, 0.3) is 10.8 Å². The minimum atomic E-state index is -0.0600.